The van der Waals surface area contributed by atoms with Crippen LogP contribution in [0.5, 0.6) is 0 Å². The Kier molecular flexibility index (Phi) is 11.0. The summed E-state index contributed by atoms with van der Waals surface area (Å²) in [6.45, 7) is 6.20. The Morgan fingerprint density at radius 2 is 1.65 bits per heavy atom. The number of hydrogen-bond donors (Lipinski definition) is 2. The zero-order valence-corrected chi connectivity index (χ0v) is 15.9. The summed E-state index contributed by atoms with van der Waals surface area (Å²) in [5.41, 5.74) is 12.3. The first-order chi connectivity index (χ1) is 10.9. The Bertz CT molecular complexity index is 419. The summed E-state index contributed by atoms with van der Waals surface area (Å²) in [6, 6.07) is 10.9. The molecule has 0 bridgehead atoms. The summed E-state index contributed by atoms with van der Waals surface area (Å²) in [5.74, 6) is 0. The van der Waals surface area contributed by atoms with Crippen molar-refractivity contribution in [2.24, 2.45) is 11.5 Å². The molecule has 23 heavy (non-hydrogen) atoms. The zero-order valence-electron chi connectivity index (χ0n) is 14.9. The molecular formula is C17H32N2O3Si. The molecule has 1 rings (SSSR count). The van der Waals surface area contributed by atoms with Crippen LogP contribution in [-0.2, 0) is 19.7 Å². The summed E-state index contributed by atoms with van der Waals surface area (Å²) in [6.07, 6.45) is 3.50. The summed E-state index contributed by atoms with van der Waals surface area (Å²) in [7, 11) is 2.68. The van der Waals surface area contributed by atoms with Gasteiger partial charge in [-0.3, -0.25) is 0 Å². The fourth-order valence-corrected chi connectivity index (χ4v) is 3.79. The van der Waals surface area contributed by atoms with Gasteiger partial charge in [0.1, 0.15) is 0 Å². The molecule has 1 aromatic carbocycles. The van der Waals surface area contributed by atoms with E-state index in [2.05, 4.69) is 13.5 Å². The number of nitrogens with two attached hydrogens (primary N) is 2. The van der Waals surface area contributed by atoms with Gasteiger partial charge in [0, 0.05) is 33.9 Å². The molecule has 0 aliphatic rings. The molecule has 0 heterocycles. The van der Waals surface area contributed by atoms with E-state index in [4.69, 9.17) is 24.7 Å². The summed E-state index contributed by atoms with van der Waals surface area (Å²) in [5, 5.41) is 0. The fourth-order valence-electron chi connectivity index (χ4n) is 2.07. The van der Waals surface area contributed by atoms with Gasteiger partial charge in [0.05, 0.1) is 5.54 Å². The maximum absolute atomic E-state index is 5.99. The summed E-state index contributed by atoms with van der Waals surface area (Å²) >= 11 is 0. The minimum absolute atomic E-state index is 0.422. The van der Waals surface area contributed by atoms with E-state index in [0.717, 1.165) is 18.9 Å². The smallest absolute Gasteiger partial charge is 0.377 e. The standard InChI is InChI=1S/C11H16N2.C6H16O3Si/c1-2-11(13,9-12)8-10-6-4-3-5-7-10;1-5-6-10(7-2,8-3)9-4/h2-7H,1,8-9,12-13H2;5-6H2,1-4H3. The normalized spacial score (nSPS) is 13.7. The topological polar surface area (TPSA) is 79.7 Å². The van der Waals surface area contributed by atoms with Gasteiger partial charge in [0.2, 0.25) is 0 Å². The van der Waals surface area contributed by atoms with Gasteiger partial charge < -0.3 is 24.7 Å². The average Bonchev–Trinajstić information content (AvgIpc) is 2.61. The van der Waals surface area contributed by atoms with Crippen LogP contribution in [0.3, 0.4) is 0 Å². The van der Waals surface area contributed by atoms with Gasteiger partial charge in [0.25, 0.3) is 0 Å². The molecule has 1 atom stereocenters. The van der Waals surface area contributed by atoms with Gasteiger partial charge in [-0.25, -0.2) is 0 Å². The van der Waals surface area contributed by atoms with Crippen LogP contribution in [0.2, 0.25) is 6.04 Å². The Hall–Kier alpha value is -1.02. The number of rotatable bonds is 9. The van der Waals surface area contributed by atoms with Crippen molar-refractivity contribution in [1.29, 1.82) is 0 Å². The minimum Gasteiger partial charge on any atom is -0.377 e. The van der Waals surface area contributed by atoms with Gasteiger partial charge in [-0.15, -0.1) is 6.58 Å². The third kappa shape index (κ3) is 7.87. The highest BCUT2D eigenvalue weighted by Crippen LogP contribution is 2.13. The van der Waals surface area contributed by atoms with Crippen LogP contribution < -0.4 is 11.5 Å². The Labute approximate surface area is 142 Å². The number of benzene rings is 1. The molecule has 4 N–H and O–H groups in total. The predicted octanol–water partition coefficient (Wildman–Crippen LogP) is 2.35. The first-order valence-electron chi connectivity index (χ1n) is 7.76. The van der Waals surface area contributed by atoms with Crippen LogP contribution in [0.4, 0.5) is 0 Å². The van der Waals surface area contributed by atoms with Gasteiger partial charge in [-0.1, -0.05) is 49.8 Å². The lowest BCUT2D eigenvalue weighted by Gasteiger charge is -2.23. The van der Waals surface area contributed by atoms with E-state index in [9.17, 15) is 0 Å². The van der Waals surface area contributed by atoms with E-state index < -0.39 is 14.3 Å². The first-order valence-corrected chi connectivity index (χ1v) is 9.69. The third-order valence-corrected chi connectivity index (χ3v) is 6.63. The van der Waals surface area contributed by atoms with Crippen molar-refractivity contribution in [3.05, 3.63) is 48.6 Å². The molecule has 0 aliphatic carbocycles. The molecule has 0 radical (unpaired) electrons. The van der Waals surface area contributed by atoms with Crippen molar-refractivity contribution in [2.45, 2.75) is 31.3 Å². The molecule has 1 unspecified atom stereocenters. The molecule has 0 spiro atoms. The van der Waals surface area contributed by atoms with Crippen molar-refractivity contribution in [2.75, 3.05) is 27.9 Å². The second-order valence-electron chi connectivity index (χ2n) is 5.35. The van der Waals surface area contributed by atoms with Crippen LogP contribution in [0.15, 0.2) is 43.0 Å². The molecule has 5 nitrogen and oxygen atoms in total. The molecular weight excluding hydrogens is 308 g/mol. The van der Waals surface area contributed by atoms with Gasteiger partial charge in [-0.05, 0) is 12.0 Å². The lowest BCUT2D eigenvalue weighted by Crippen LogP contribution is -2.46. The van der Waals surface area contributed by atoms with Crippen molar-refractivity contribution in [3.8, 4) is 0 Å². The fraction of sp³-hybridized carbons (Fsp3) is 0.529. The Balaban J connectivity index is 0.000000438. The highest BCUT2D eigenvalue weighted by molar-refractivity contribution is 6.60. The molecule has 0 aromatic heterocycles. The monoisotopic (exact) mass is 340 g/mol. The lowest BCUT2D eigenvalue weighted by molar-refractivity contribution is 0.123. The van der Waals surface area contributed by atoms with E-state index >= 15 is 0 Å². The Morgan fingerprint density at radius 1 is 1.13 bits per heavy atom. The van der Waals surface area contributed by atoms with Crippen molar-refractivity contribution in [3.63, 3.8) is 0 Å². The van der Waals surface area contributed by atoms with E-state index in [0.29, 0.717) is 6.54 Å². The highest BCUT2D eigenvalue weighted by Gasteiger charge is 2.36. The molecule has 0 saturated heterocycles. The second-order valence-corrected chi connectivity index (χ2v) is 8.44. The van der Waals surface area contributed by atoms with Gasteiger partial charge >= 0.3 is 8.80 Å². The van der Waals surface area contributed by atoms with Crippen molar-refractivity contribution in [1.82, 2.24) is 0 Å². The van der Waals surface area contributed by atoms with Crippen molar-refractivity contribution < 1.29 is 13.3 Å². The van der Waals surface area contributed by atoms with Crippen LogP contribution in [0.25, 0.3) is 0 Å². The zero-order chi connectivity index (χ0) is 17.8. The molecule has 0 fully saturated rings. The third-order valence-electron chi connectivity index (χ3n) is 3.65. The molecule has 1 aromatic rings. The van der Waals surface area contributed by atoms with E-state index in [1.165, 1.54) is 5.56 Å². The molecule has 132 valence electrons. The average molecular weight is 341 g/mol. The maximum Gasteiger partial charge on any atom is 0.500 e. The largest absolute Gasteiger partial charge is 0.500 e. The predicted molar refractivity (Wildman–Crippen MR) is 98.2 cm³/mol. The lowest BCUT2D eigenvalue weighted by atomic mass is 9.92. The maximum atomic E-state index is 5.99. The Morgan fingerprint density at radius 3 is 1.96 bits per heavy atom. The van der Waals surface area contributed by atoms with Crippen LogP contribution in [-0.4, -0.2) is 42.2 Å². The van der Waals surface area contributed by atoms with Crippen LogP contribution in [0.1, 0.15) is 18.9 Å². The van der Waals surface area contributed by atoms with Crippen molar-refractivity contribution >= 4 is 8.80 Å². The van der Waals surface area contributed by atoms with E-state index in [1.54, 1.807) is 27.4 Å². The summed E-state index contributed by atoms with van der Waals surface area (Å²) in [4.78, 5) is 0. The molecule has 6 heteroatoms. The number of hydrogen-bond acceptors (Lipinski definition) is 5. The van der Waals surface area contributed by atoms with E-state index in [1.807, 2.05) is 30.3 Å². The van der Waals surface area contributed by atoms with Crippen LogP contribution in [0, 0.1) is 0 Å². The van der Waals surface area contributed by atoms with Gasteiger partial charge in [0.15, 0.2) is 0 Å². The molecule has 0 amide bonds. The SMILES string of the molecule is C=CC(N)(CN)Cc1ccccc1.CCC[Si](OC)(OC)OC. The molecule has 0 aliphatic heterocycles. The highest BCUT2D eigenvalue weighted by atomic mass is 28.4. The quantitative estimate of drug-likeness (QED) is 0.533. The van der Waals surface area contributed by atoms with Crippen LogP contribution >= 0.6 is 0 Å². The second kappa shape index (κ2) is 11.5. The van der Waals surface area contributed by atoms with E-state index in [-0.39, 0.29) is 0 Å². The molecule has 0 saturated carbocycles. The minimum atomic E-state index is -2.22. The first kappa shape index (κ1) is 22.0. The summed E-state index contributed by atoms with van der Waals surface area (Å²) < 4.78 is 15.5. The van der Waals surface area contributed by atoms with Gasteiger partial charge in [-0.2, -0.15) is 0 Å².